The maximum atomic E-state index is 11.5. The molecular weight excluding hydrogens is 348 g/mol. The second kappa shape index (κ2) is 8.75. The third-order valence-electron chi connectivity index (χ3n) is 4.29. The lowest BCUT2D eigenvalue weighted by molar-refractivity contribution is 0.0597. The molecule has 0 aromatic heterocycles. The molecule has 3 aromatic rings. The highest BCUT2D eigenvalue weighted by atomic mass is 16.5. The summed E-state index contributed by atoms with van der Waals surface area (Å²) in [6, 6.07) is 21.2. The maximum absolute atomic E-state index is 11.5. The normalized spacial score (nSPS) is 10.4. The van der Waals surface area contributed by atoms with Crippen LogP contribution < -0.4 is 0 Å². The number of aromatic hydroxyl groups is 1. The summed E-state index contributed by atoms with van der Waals surface area (Å²) in [7, 11) is 1.27. The molecular formula is C25H20O3. The van der Waals surface area contributed by atoms with Crippen LogP contribution in [0.2, 0.25) is 0 Å². The van der Waals surface area contributed by atoms with E-state index in [0.717, 1.165) is 16.7 Å². The number of aryl methyl sites for hydroxylation is 1. The number of rotatable bonds is 3. The molecule has 0 fully saturated rings. The molecule has 0 aliphatic heterocycles. The Morgan fingerprint density at radius 1 is 1.04 bits per heavy atom. The monoisotopic (exact) mass is 368 g/mol. The summed E-state index contributed by atoms with van der Waals surface area (Å²) in [5.74, 6) is 5.20. The molecule has 0 unspecified atom stereocenters. The molecule has 3 nitrogen and oxygen atoms in total. The predicted molar refractivity (Wildman–Crippen MR) is 112 cm³/mol. The zero-order chi connectivity index (χ0) is 19.9. The van der Waals surface area contributed by atoms with Crippen molar-refractivity contribution in [2.45, 2.75) is 6.92 Å². The van der Waals surface area contributed by atoms with Crippen LogP contribution in [0.25, 0.3) is 17.2 Å². The zero-order valence-corrected chi connectivity index (χ0v) is 15.8. The van der Waals surface area contributed by atoms with Crippen LogP contribution in [0.1, 0.15) is 27.0 Å². The summed E-state index contributed by atoms with van der Waals surface area (Å²) in [6.07, 6.45) is 3.74. The Labute approximate surface area is 164 Å². The van der Waals surface area contributed by atoms with Crippen molar-refractivity contribution in [2.75, 3.05) is 7.11 Å². The standard InChI is InChI=1S/C25H20O3/c1-18-11-14-21(15-12-18)22-10-6-5-9-20(22)8-4-3-7-19-13-16-23(24(26)17-19)25(27)28-2/h4-6,8-17,26H,1-2H3/b8-4+. The molecule has 0 saturated heterocycles. The summed E-state index contributed by atoms with van der Waals surface area (Å²) in [4.78, 5) is 11.5. The first-order chi connectivity index (χ1) is 13.6. The van der Waals surface area contributed by atoms with Gasteiger partial charge in [0.1, 0.15) is 11.3 Å². The van der Waals surface area contributed by atoms with Gasteiger partial charge in [-0.2, -0.15) is 0 Å². The Balaban J connectivity index is 1.81. The zero-order valence-electron chi connectivity index (χ0n) is 15.8. The second-order valence-electron chi connectivity index (χ2n) is 6.28. The molecule has 0 spiro atoms. The molecule has 1 N–H and O–H groups in total. The van der Waals surface area contributed by atoms with Crippen molar-refractivity contribution >= 4 is 12.0 Å². The van der Waals surface area contributed by atoms with Gasteiger partial charge >= 0.3 is 5.97 Å². The first-order valence-corrected chi connectivity index (χ1v) is 8.84. The molecule has 0 heterocycles. The van der Waals surface area contributed by atoms with E-state index in [2.05, 4.69) is 53.8 Å². The van der Waals surface area contributed by atoms with E-state index in [-0.39, 0.29) is 11.3 Å². The van der Waals surface area contributed by atoms with E-state index >= 15 is 0 Å². The molecule has 138 valence electrons. The number of carbonyl (C=O) groups excluding carboxylic acids is 1. The molecule has 0 radical (unpaired) electrons. The Kier molecular flexibility index (Phi) is 5.94. The fraction of sp³-hybridized carbons (Fsp3) is 0.0800. The van der Waals surface area contributed by atoms with Crippen molar-refractivity contribution in [3.8, 4) is 28.7 Å². The minimum Gasteiger partial charge on any atom is -0.507 e. The lowest BCUT2D eigenvalue weighted by Gasteiger charge is -2.06. The number of phenols is 1. The van der Waals surface area contributed by atoms with Crippen LogP contribution in [-0.2, 0) is 4.74 Å². The number of methoxy groups -OCH3 is 1. The highest BCUT2D eigenvalue weighted by molar-refractivity contribution is 5.92. The van der Waals surface area contributed by atoms with Crippen molar-refractivity contribution in [1.82, 2.24) is 0 Å². The quantitative estimate of drug-likeness (QED) is 0.509. The first kappa shape index (κ1) is 19.0. The van der Waals surface area contributed by atoms with E-state index in [9.17, 15) is 9.90 Å². The number of carbonyl (C=O) groups is 1. The number of allylic oxidation sites excluding steroid dienone is 1. The Morgan fingerprint density at radius 3 is 2.50 bits per heavy atom. The van der Waals surface area contributed by atoms with Crippen LogP contribution in [0, 0.1) is 18.8 Å². The van der Waals surface area contributed by atoms with Gasteiger partial charge in [-0.3, -0.25) is 0 Å². The van der Waals surface area contributed by atoms with Crippen molar-refractivity contribution < 1.29 is 14.6 Å². The van der Waals surface area contributed by atoms with Gasteiger partial charge in [-0.25, -0.2) is 4.79 Å². The highest BCUT2D eigenvalue weighted by Crippen LogP contribution is 2.25. The number of phenolic OH excluding ortho intramolecular Hbond substituents is 1. The minimum atomic E-state index is -0.579. The van der Waals surface area contributed by atoms with Crippen LogP contribution in [0.15, 0.2) is 72.8 Å². The van der Waals surface area contributed by atoms with Crippen LogP contribution >= 0.6 is 0 Å². The van der Waals surface area contributed by atoms with Crippen LogP contribution in [-0.4, -0.2) is 18.2 Å². The molecule has 0 amide bonds. The topological polar surface area (TPSA) is 46.5 Å². The third kappa shape index (κ3) is 4.49. The molecule has 0 aliphatic rings. The Hall–Kier alpha value is -3.77. The Morgan fingerprint density at radius 2 is 1.79 bits per heavy atom. The van der Waals surface area contributed by atoms with Crippen LogP contribution in [0.3, 0.4) is 0 Å². The highest BCUT2D eigenvalue weighted by Gasteiger charge is 2.10. The number of hydrogen-bond donors (Lipinski definition) is 1. The fourth-order valence-corrected chi connectivity index (χ4v) is 2.79. The fourth-order valence-electron chi connectivity index (χ4n) is 2.79. The number of hydrogen-bond acceptors (Lipinski definition) is 3. The summed E-state index contributed by atoms with van der Waals surface area (Å²) < 4.78 is 4.61. The van der Waals surface area contributed by atoms with Gasteiger partial charge < -0.3 is 9.84 Å². The molecule has 0 bridgehead atoms. The predicted octanol–water partition coefficient (Wildman–Crippen LogP) is 5.22. The molecule has 3 aromatic carbocycles. The van der Waals surface area contributed by atoms with Crippen molar-refractivity contribution in [3.63, 3.8) is 0 Å². The molecule has 28 heavy (non-hydrogen) atoms. The Bertz CT molecular complexity index is 1080. The number of ether oxygens (including phenoxy) is 1. The van der Waals surface area contributed by atoms with Gasteiger partial charge in [0.15, 0.2) is 0 Å². The van der Waals surface area contributed by atoms with E-state index in [1.807, 2.05) is 24.3 Å². The number of esters is 1. The molecule has 3 heteroatoms. The molecule has 3 rings (SSSR count). The van der Waals surface area contributed by atoms with E-state index in [4.69, 9.17) is 0 Å². The first-order valence-electron chi connectivity index (χ1n) is 8.84. The summed E-state index contributed by atoms with van der Waals surface area (Å²) in [6.45, 7) is 2.07. The van der Waals surface area contributed by atoms with Gasteiger partial charge in [0.05, 0.1) is 7.11 Å². The third-order valence-corrected chi connectivity index (χ3v) is 4.29. The smallest absolute Gasteiger partial charge is 0.341 e. The van der Waals surface area contributed by atoms with Gasteiger partial charge in [0.2, 0.25) is 0 Å². The van der Waals surface area contributed by atoms with E-state index in [1.165, 1.54) is 24.8 Å². The van der Waals surface area contributed by atoms with Gasteiger partial charge in [-0.15, -0.1) is 0 Å². The average molecular weight is 368 g/mol. The minimum absolute atomic E-state index is 0.121. The lowest BCUT2D eigenvalue weighted by Crippen LogP contribution is -2.01. The molecule has 0 atom stereocenters. The SMILES string of the molecule is COC(=O)c1ccc(C#C/C=C/c2ccccc2-c2ccc(C)cc2)cc1O. The lowest BCUT2D eigenvalue weighted by atomic mass is 9.98. The maximum Gasteiger partial charge on any atom is 0.341 e. The summed E-state index contributed by atoms with van der Waals surface area (Å²) in [5.41, 5.74) is 5.33. The van der Waals surface area contributed by atoms with Gasteiger partial charge in [0, 0.05) is 5.56 Å². The largest absolute Gasteiger partial charge is 0.507 e. The van der Waals surface area contributed by atoms with E-state index in [0.29, 0.717) is 5.56 Å². The van der Waals surface area contributed by atoms with Crippen LogP contribution in [0.4, 0.5) is 0 Å². The molecule has 0 aliphatic carbocycles. The van der Waals surface area contributed by atoms with E-state index in [1.54, 1.807) is 12.1 Å². The van der Waals surface area contributed by atoms with Gasteiger partial charge in [0.25, 0.3) is 0 Å². The summed E-state index contributed by atoms with van der Waals surface area (Å²) >= 11 is 0. The van der Waals surface area contributed by atoms with Crippen molar-refractivity contribution in [1.29, 1.82) is 0 Å². The average Bonchev–Trinajstić information content (AvgIpc) is 2.72. The van der Waals surface area contributed by atoms with Crippen molar-refractivity contribution in [3.05, 3.63) is 95.1 Å². The second-order valence-corrected chi connectivity index (χ2v) is 6.28. The van der Waals surface area contributed by atoms with Gasteiger partial charge in [-0.05, 0) is 54.0 Å². The summed E-state index contributed by atoms with van der Waals surface area (Å²) in [5, 5.41) is 9.92. The van der Waals surface area contributed by atoms with E-state index < -0.39 is 5.97 Å². The van der Waals surface area contributed by atoms with Crippen LogP contribution in [0.5, 0.6) is 5.75 Å². The number of benzene rings is 3. The van der Waals surface area contributed by atoms with Crippen molar-refractivity contribution in [2.24, 2.45) is 0 Å². The van der Waals surface area contributed by atoms with Gasteiger partial charge in [-0.1, -0.05) is 65.9 Å². The molecule has 0 saturated carbocycles.